The number of rotatable bonds is 8. The van der Waals surface area contributed by atoms with E-state index in [-0.39, 0.29) is 17.2 Å². The van der Waals surface area contributed by atoms with Crippen LogP contribution in [0.25, 0.3) is 0 Å². The number of tetrazole rings is 1. The number of benzene rings is 2. The van der Waals surface area contributed by atoms with Gasteiger partial charge in [-0.05, 0) is 58.3 Å². The van der Waals surface area contributed by atoms with Gasteiger partial charge in [0.15, 0.2) is 0 Å². The van der Waals surface area contributed by atoms with E-state index in [0.717, 1.165) is 4.88 Å². The van der Waals surface area contributed by atoms with E-state index >= 15 is 0 Å². The summed E-state index contributed by atoms with van der Waals surface area (Å²) in [4.78, 5) is 26.3. The molecule has 0 fully saturated rings. The SMILES string of the molecule is O=C(CSc1nnnn1Cc1cccs1)Nc1ccccc1C(=O)Nc1ccc(F)cc1. The van der Waals surface area contributed by atoms with Gasteiger partial charge in [-0.1, -0.05) is 30.0 Å². The first-order chi connectivity index (χ1) is 15.6. The number of halogens is 1. The fraction of sp³-hybridized carbons (Fsp3) is 0.0952. The number of nitrogens with one attached hydrogen (secondary N) is 2. The second-order valence-corrected chi connectivity index (χ2v) is 8.52. The van der Waals surface area contributed by atoms with E-state index in [9.17, 15) is 14.0 Å². The minimum Gasteiger partial charge on any atom is -0.325 e. The van der Waals surface area contributed by atoms with Gasteiger partial charge in [-0.15, -0.1) is 16.4 Å². The molecule has 2 aromatic heterocycles. The van der Waals surface area contributed by atoms with Gasteiger partial charge in [0.05, 0.1) is 23.5 Å². The largest absolute Gasteiger partial charge is 0.325 e. The van der Waals surface area contributed by atoms with E-state index in [1.165, 1.54) is 36.0 Å². The Labute approximate surface area is 190 Å². The van der Waals surface area contributed by atoms with Crippen LogP contribution in [-0.4, -0.2) is 37.8 Å². The standard InChI is InChI=1S/C21H17FN6O2S2/c22-14-7-9-15(10-8-14)23-20(30)17-5-1-2-6-18(17)24-19(29)13-32-21-25-26-27-28(21)12-16-4-3-11-31-16/h1-11H,12-13H2,(H,23,30)(H,24,29). The molecule has 2 aromatic carbocycles. The molecule has 11 heteroatoms. The van der Waals surface area contributed by atoms with Crippen LogP contribution < -0.4 is 10.6 Å². The Morgan fingerprint density at radius 1 is 1.03 bits per heavy atom. The van der Waals surface area contributed by atoms with E-state index in [1.54, 1.807) is 40.3 Å². The molecule has 0 bridgehead atoms. The van der Waals surface area contributed by atoms with Gasteiger partial charge in [0.25, 0.3) is 5.91 Å². The van der Waals surface area contributed by atoms with Gasteiger partial charge in [0, 0.05) is 10.6 Å². The van der Waals surface area contributed by atoms with Crippen molar-refractivity contribution in [2.24, 2.45) is 0 Å². The predicted molar refractivity (Wildman–Crippen MR) is 121 cm³/mol. The van der Waals surface area contributed by atoms with Gasteiger partial charge >= 0.3 is 0 Å². The molecular weight excluding hydrogens is 451 g/mol. The third kappa shape index (κ3) is 5.56. The Morgan fingerprint density at radius 3 is 2.62 bits per heavy atom. The van der Waals surface area contributed by atoms with Crippen LogP contribution in [-0.2, 0) is 11.3 Å². The normalized spacial score (nSPS) is 10.7. The number of hydrogen-bond acceptors (Lipinski definition) is 7. The van der Waals surface area contributed by atoms with Crippen molar-refractivity contribution in [3.8, 4) is 0 Å². The number of carbonyl (C=O) groups is 2. The topological polar surface area (TPSA) is 102 Å². The van der Waals surface area contributed by atoms with Crippen LogP contribution in [0.4, 0.5) is 15.8 Å². The summed E-state index contributed by atoms with van der Waals surface area (Å²) in [5, 5.41) is 19.6. The lowest BCUT2D eigenvalue weighted by molar-refractivity contribution is -0.113. The van der Waals surface area contributed by atoms with E-state index in [4.69, 9.17) is 0 Å². The molecule has 0 spiro atoms. The predicted octanol–water partition coefficient (Wildman–Crippen LogP) is 3.91. The number of carbonyl (C=O) groups excluding carboxylic acids is 2. The average Bonchev–Trinajstić information content (AvgIpc) is 3.47. The monoisotopic (exact) mass is 468 g/mol. The molecule has 0 atom stereocenters. The first-order valence-electron chi connectivity index (χ1n) is 9.45. The Balaban J connectivity index is 1.37. The van der Waals surface area contributed by atoms with Gasteiger partial charge in [-0.25, -0.2) is 9.07 Å². The number of para-hydroxylation sites is 1. The Kier molecular flexibility index (Phi) is 6.87. The Morgan fingerprint density at radius 2 is 1.84 bits per heavy atom. The Bertz CT molecular complexity index is 1210. The molecule has 4 aromatic rings. The van der Waals surface area contributed by atoms with Gasteiger partial charge in [-0.2, -0.15) is 0 Å². The molecule has 0 radical (unpaired) electrons. The maximum absolute atomic E-state index is 13.1. The first-order valence-corrected chi connectivity index (χ1v) is 11.3. The zero-order valence-corrected chi connectivity index (χ0v) is 18.2. The zero-order chi connectivity index (χ0) is 22.3. The van der Waals surface area contributed by atoms with Gasteiger partial charge in [-0.3, -0.25) is 9.59 Å². The van der Waals surface area contributed by atoms with Crippen molar-refractivity contribution in [3.63, 3.8) is 0 Å². The summed E-state index contributed by atoms with van der Waals surface area (Å²) in [5.41, 5.74) is 1.11. The lowest BCUT2D eigenvalue weighted by Crippen LogP contribution is -2.19. The van der Waals surface area contributed by atoms with Crippen molar-refractivity contribution >= 4 is 46.3 Å². The fourth-order valence-electron chi connectivity index (χ4n) is 2.79. The number of thiophene rings is 1. The lowest BCUT2D eigenvalue weighted by atomic mass is 10.1. The summed E-state index contributed by atoms with van der Waals surface area (Å²) in [7, 11) is 0. The number of anilines is 2. The van der Waals surface area contributed by atoms with E-state index in [0.29, 0.717) is 23.1 Å². The first kappa shape index (κ1) is 21.7. The number of hydrogen-bond donors (Lipinski definition) is 2. The van der Waals surface area contributed by atoms with Gasteiger partial charge in [0.1, 0.15) is 5.82 Å². The van der Waals surface area contributed by atoms with Crippen molar-refractivity contribution in [2.75, 3.05) is 16.4 Å². The van der Waals surface area contributed by atoms with Crippen LogP contribution >= 0.6 is 23.1 Å². The highest BCUT2D eigenvalue weighted by atomic mass is 32.2. The molecule has 0 unspecified atom stereocenters. The van der Waals surface area contributed by atoms with Crippen molar-refractivity contribution in [2.45, 2.75) is 11.7 Å². The second kappa shape index (κ2) is 10.2. The molecule has 0 aliphatic carbocycles. The third-order valence-corrected chi connectivity index (χ3v) is 6.08. The summed E-state index contributed by atoms with van der Waals surface area (Å²) in [6.07, 6.45) is 0. The molecule has 0 aliphatic heterocycles. The summed E-state index contributed by atoms with van der Waals surface area (Å²) in [5.74, 6) is -1.05. The summed E-state index contributed by atoms with van der Waals surface area (Å²) in [6, 6.07) is 16.0. The summed E-state index contributed by atoms with van der Waals surface area (Å²) in [6.45, 7) is 0.529. The average molecular weight is 469 g/mol. The second-order valence-electron chi connectivity index (χ2n) is 6.54. The van der Waals surface area contributed by atoms with E-state index in [1.807, 2.05) is 17.5 Å². The van der Waals surface area contributed by atoms with Gasteiger partial charge in [0.2, 0.25) is 11.1 Å². The highest BCUT2D eigenvalue weighted by Gasteiger charge is 2.15. The van der Waals surface area contributed by atoms with Crippen LogP contribution in [0.5, 0.6) is 0 Å². The molecule has 0 aliphatic rings. The Hall–Kier alpha value is -3.57. The molecular formula is C21H17FN6O2S2. The fourth-order valence-corrected chi connectivity index (χ4v) is 4.15. The van der Waals surface area contributed by atoms with Crippen molar-refractivity contribution in [1.82, 2.24) is 20.2 Å². The molecule has 2 N–H and O–H groups in total. The smallest absolute Gasteiger partial charge is 0.257 e. The molecule has 0 saturated carbocycles. The molecule has 2 amide bonds. The molecule has 2 heterocycles. The van der Waals surface area contributed by atoms with Crippen molar-refractivity contribution < 1.29 is 14.0 Å². The van der Waals surface area contributed by atoms with Crippen LogP contribution in [0.1, 0.15) is 15.2 Å². The maximum atomic E-state index is 13.1. The van der Waals surface area contributed by atoms with Crippen molar-refractivity contribution in [1.29, 1.82) is 0 Å². The minimum absolute atomic E-state index is 0.0682. The van der Waals surface area contributed by atoms with E-state index in [2.05, 4.69) is 26.2 Å². The highest BCUT2D eigenvalue weighted by Crippen LogP contribution is 2.20. The van der Waals surface area contributed by atoms with Gasteiger partial charge < -0.3 is 10.6 Å². The van der Waals surface area contributed by atoms with Crippen LogP contribution in [0, 0.1) is 5.82 Å². The summed E-state index contributed by atoms with van der Waals surface area (Å²) < 4.78 is 14.7. The van der Waals surface area contributed by atoms with Crippen LogP contribution in [0.15, 0.2) is 71.2 Å². The number of aromatic nitrogens is 4. The maximum Gasteiger partial charge on any atom is 0.257 e. The molecule has 4 rings (SSSR count). The van der Waals surface area contributed by atoms with Crippen LogP contribution in [0.2, 0.25) is 0 Å². The number of nitrogens with zero attached hydrogens (tertiary/aromatic N) is 4. The lowest BCUT2D eigenvalue weighted by Gasteiger charge is -2.11. The molecule has 32 heavy (non-hydrogen) atoms. The summed E-state index contributed by atoms with van der Waals surface area (Å²) >= 11 is 2.80. The molecule has 8 nitrogen and oxygen atoms in total. The zero-order valence-electron chi connectivity index (χ0n) is 16.6. The molecule has 0 saturated heterocycles. The number of thioether (sulfide) groups is 1. The quantitative estimate of drug-likeness (QED) is 0.380. The highest BCUT2D eigenvalue weighted by molar-refractivity contribution is 7.99. The van der Waals surface area contributed by atoms with E-state index < -0.39 is 11.7 Å². The molecule has 162 valence electrons. The van der Waals surface area contributed by atoms with Crippen LogP contribution in [0.3, 0.4) is 0 Å². The minimum atomic E-state index is -0.417. The third-order valence-electron chi connectivity index (χ3n) is 4.26. The number of amides is 2. The van der Waals surface area contributed by atoms with Crippen molar-refractivity contribution in [3.05, 3.63) is 82.3 Å².